The van der Waals surface area contributed by atoms with Crippen molar-refractivity contribution in [1.29, 1.82) is 0 Å². The molecule has 1 fully saturated rings. The maximum atomic E-state index is 10.9. The van der Waals surface area contributed by atoms with Gasteiger partial charge in [-0.2, -0.15) is 0 Å². The van der Waals surface area contributed by atoms with Gasteiger partial charge in [0, 0.05) is 25.4 Å². The van der Waals surface area contributed by atoms with Gasteiger partial charge in [0.2, 0.25) is 0 Å². The molecule has 0 spiro atoms. The van der Waals surface area contributed by atoms with Crippen LogP contribution in [0.3, 0.4) is 0 Å². The maximum Gasteiger partial charge on any atom is 0.321 e. The minimum Gasteiger partial charge on any atom is -0.481 e. The predicted molar refractivity (Wildman–Crippen MR) is 128 cm³/mol. The van der Waals surface area contributed by atoms with Crippen LogP contribution in [0.2, 0.25) is 0 Å². The third-order valence-corrected chi connectivity index (χ3v) is 6.23. The summed E-state index contributed by atoms with van der Waals surface area (Å²) >= 11 is 4.91. The number of fused-ring (bicyclic) bond motifs is 2. The average Bonchev–Trinajstić information content (AvgIpc) is 3.52. The van der Waals surface area contributed by atoms with E-state index in [2.05, 4.69) is 47.4 Å². The van der Waals surface area contributed by atoms with E-state index < -0.39 is 23.9 Å². The highest BCUT2D eigenvalue weighted by molar-refractivity contribution is 7.71. The van der Waals surface area contributed by atoms with Gasteiger partial charge in [-0.25, -0.2) is 14.6 Å². The predicted octanol–water partition coefficient (Wildman–Crippen LogP) is 1.74. The van der Waals surface area contributed by atoms with Crippen molar-refractivity contribution in [2.24, 2.45) is 11.8 Å². The van der Waals surface area contributed by atoms with E-state index in [0.717, 1.165) is 35.5 Å². The Morgan fingerprint density at radius 2 is 1.97 bits per heavy atom. The van der Waals surface area contributed by atoms with Crippen LogP contribution in [0.4, 0.5) is 0 Å². The number of hydrogen-bond donors (Lipinski definition) is 5. The first-order chi connectivity index (χ1) is 16.8. The summed E-state index contributed by atoms with van der Waals surface area (Å²) in [5, 5.41) is 31.9. The number of carboxylic acids is 2. The fourth-order valence-corrected chi connectivity index (χ4v) is 4.35. The van der Waals surface area contributed by atoms with Gasteiger partial charge in [0.15, 0.2) is 16.1 Å². The van der Waals surface area contributed by atoms with Gasteiger partial charge in [-0.05, 0) is 36.1 Å². The third-order valence-electron chi connectivity index (χ3n) is 5.92. The fraction of sp³-hybridized carbons (Fsp3) is 0.524. The van der Waals surface area contributed by atoms with Crippen molar-refractivity contribution in [2.75, 3.05) is 6.54 Å². The molecule has 14 heteroatoms. The topological polar surface area (TPSA) is 188 Å². The summed E-state index contributed by atoms with van der Waals surface area (Å²) in [7, 11) is 0. The third kappa shape index (κ3) is 6.99. The van der Waals surface area contributed by atoms with Crippen LogP contribution >= 0.6 is 12.2 Å². The van der Waals surface area contributed by atoms with E-state index in [1.54, 1.807) is 13.3 Å². The molecule has 5 rings (SSSR count). The van der Waals surface area contributed by atoms with E-state index in [4.69, 9.17) is 22.4 Å². The molecule has 0 radical (unpaired) electrons. The maximum absolute atomic E-state index is 10.9. The number of tetrazole rings is 1. The molecule has 0 aromatic carbocycles. The number of imidazole rings is 1. The second kappa shape index (κ2) is 12.3. The zero-order chi connectivity index (χ0) is 25.4. The Morgan fingerprint density at radius 1 is 1.20 bits per heavy atom. The highest BCUT2D eigenvalue weighted by Gasteiger charge is 2.41. The molecule has 2 aliphatic rings. The molecule has 0 aliphatic carbocycles. The van der Waals surface area contributed by atoms with Gasteiger partial charge in [-0.1, -0.05) is 30.8 Å². The highest BCUT2D eigenvalue weighted by atomic mass is 32.1. The Hall–Kier alpha value is -3.52. The molecule has 188 valence electrons. The van der Waals surface area contributed by atoms with Gasteiger partial charge in [0.05, 0.1) is 19.1 Å². The van der Waals surface area contributed by atoms with Crippen LogP contribution in [0.1, 0.15) is 38.4 Å². The summed E-state index contributed by atoms with van der Waals surface area (Å²) in [5.74, 6) is -1.39. The van der Waals surface area contributed by atoms with Crippen LogP contribution < -0.4 is 5.32 Å². The minimum absolute atomic E-state index is 0.0674. The van der Waals surface area contributed by atoms with Crippen molar-refractivity contribution < 1.29 is 19.8 Å². The van der Waals surface area contributed by atoms with E-state index >= 15 is 0 Å². The lowest BCUT2D eigenvalue weighted by Gasteiger charge is -2.19. The average molecular weight is 504 g/mol. The number of hydrogen-bond acceptors (Lipinski definition) is 9. The zero-order valence-corrected chi connectivity index (χ0v) is 20.2. The van der Waals surface area contributed by atoms with Crippen LogP contribution in [0.5, 0.6) is 0 Å². The normalized spacial score (nSPS) is 21.0. The Balaban J connectivity index is 0.000000151. The fourth-order valence-electron chi connectivity index (χ4n) is 4.14. The monoisotopic (exact) mass is 503 g/mol. The molecule has 35 heavy (non-hydrogen) atoms. The molecule has 0 bridgehead atoms. The van der Waals surface area contributed by atoms with Gasteiger partial charge in [-0.15, -0.1) is 5.10 Å². The lowest BCUT2D eigenvalue weighted by molar-refractivity contribution is -0.142. The lowest BCUT2D eigenvalue weighted by atomic mass is 9.84. The molecule has 3 atom stereocenters. The van der Waals surface area contributed by atoms with Crippen molar-refractivity contribution in [1.82, 2.24) is 45.5 Å². The quantitative estimate of drug-likeness (QED) is 0.258. The second-order valence-corrected chi connectivity index (χ2v) is 8.79. The standard InChI is InChI=1S/C10H15NO4.C6H10N4.C5H4N4S/c1-5(2)7-4-11-9(10(14)15)6(7)3-8(12)13;1-2-4-6-7-8-9-10(6)5-3-1;10-5-3-4(7-1-6-3)8-2-9-5/h6-7,9,11H,1,3-4H2,2H3,(H,12,13)(H,14,15);1-5H2;1-2H,(H2,6,7,8,9,10)/t6-,7+,9-;;/m0../s1. The molecule has 3 aromatic rings. The summed E-state index contributed by atoms with van der Waals surface area (Å²) in [6.45, 7) is 7.05. The number of aromatic nitrogens is 8. The molecular weight excluding hydrogens is 474 g/mol. The summed E-state index contributed by atoms with van der Waals surface area (Å²) in [6.07, 6.45) is 7.78. The number of aryl methyl sites for hydroxylation is 2. The first-order valence-electron chi connectivity index (χ1n) is 11.2. The Labute approximate surface area is 206 Å². The molecule has 0 unspecified atom stereocenters. The number of carbonyl (C=O) groups is 2. The molecule has 0 saturated carbocycles. The molecule has 2 aliphatic heterocycles. The van der Waals surface area contributed by atoms with E-state index in [0.29, 0.717) is 11.2 Å². The Kier molecular flexibility index (Phi) is 9.14. The van der Waals surface area contributed by atoms with E-state index in [1.807, 2.05) is 4.68 Å². The molecule has 3 aromatic heterocycles. The van der Waals surface area contributed by atoms with Crippen LogP contribution in [-0.2, 0) is 22.6 Å². The number of aliphatic carboxylic acids is 2. The van der Waals surface area contributed by atoms with Crippen LogP contribution in [0.25, 0.3) is 11.2 Å². The first-order valence-corrected chi connectivity index (χ1v) is 11.6. The largest absolute Gasteiger partial charge is 0.481 e. The number of nitrogens with one attached hydrogen (secondary N) is 3. The molecule has 1 saturated heterocycles. The molecule has 0 amide bonds. The Morgan fingerprint density at radius 3 is 2.66 bits per heavy atom. The summed E-state index contributed by atoms with van der Waals surface area (Å²) in [6, 6.07) is -0.775. The van der Waals surface area contributed by atoms with Crippen molar-refractivity contribution in [3.8, 4) is 0 Å². The van der Waals surface area contributed by atoms with E-state index in [9.17, 15) is 9.59 Å². The Bertz CT molecular complexity index is 1180. The van der Waals surface area contributed by atoms with Crippen molar-refractivity contribution in [3.63, 3.8) is 0 Å². The highest BCUT2D eigenvalue weighted by Crippen LogP contribution is 2.30. The molecular formula is C21H29N9O4S. The molecule has 13 nitrogen and oxygen atoms in total. The second-order valence-electron chi connectivity index (χ2n) is 8.40. The summed E-state index contributed by atoms with van der Waals surface area (Å²) in [4.78, 5) is 35.1. The number of H-pyrrole nitrogens is 2. The summed E-state index contributed by atoms with van der Waals surface area (Å²) in [5.41, 5.74) is 2.37. The van der Waals surface area contributed by atoms with Gasteiger partial charge in [-0.3, -0.25) is 9.59 Å². The van der Waals surface area contributed by atoms with Gasteiger partial charge < -0.3 is 25.5 Å². The van der Waals surface area contributed by atoms with Gasteiger partial charge in [0.1, 0.15) is 11.6 Å². The first kappa shape index (κ1) is 26.1. The van der Waals surface area contributed by atoms with E-state index in [1.165, 1.54) is 25.6 Å². The van der Waals surface area contributed by atoms with Crippen LogP contribution in [-0.4, -0.2) is 74.9 Å². The lowest BCUT2D eigenvalue weighted by Crippen LogP contribution is -2.36. The van der Waals surface area contributed by atoms with Gasteiger partial charge in [0.25, 0.3) is 0 Å². The van der Waals surface area contributed by atoms with E-state index in [-0.39, 0.29) is 12.3 Å². The van der Waals surface area contributed by atoms with Crippen LogP contribution in [0.15, 0.2) is 24.8 Å². The van der Waals surface area contributed by atoms with Crippen molar-refractivity contribution in [3.05, 3.63) is 35.3 Å². The number of aromatic amines is 2. The SMILES string of the molecule is C1CCc2nnnn2CC1.C=C(C)[C@H]1CN[C@H](C(=O)O)[C@H]1CC(=O)O.S=c1nc[nH]c2nc[nH]c12. The molecule has 5 heterocycles. The van der Waals surface area contributed by atoms with Gasteiger partial charge >= 0.3 is 11.9 Å². The van der Waals surface area contributed by atoms with Crippen LogP contribution in [0, 0.1) is 16.5 Å². The minimum atomic E-state index is -0.995. The van der Waals surface area contributed by atoms with Crippen molar-refractivity contribution >= 4 is 35.3 Å². The van der Waals surface area contributed by atoms with Crippen molar-refractivity contribution in [2.45, 2.75) is 51.6 Å². The number of carboxylic acid groups (broad SMARTS) is 2. The number of nitrogens with zero attached hydrogens (tertiary/aromatic N) is 6. The number of rotatable bonds is 4. The zero-order valence-electron chi connectivity index (χ0n) is 19.3. The molecule has 5 N–H and O–H groups in total. The smallest absolute Gasteiger partial charge is 0.321 e. The summed E-state index contributed by atoms with van der Waals surface area (Å²) < 4.78 is 2.46.